The summed E-state index contributed by atoms with van der Waals surface area (Å²) < 4.78 is 2.22. The predicted octanol–water partition coefficient (Wildman–Crippen LogP) is 3.66. The van der Waals surface area contributed by atoms with Crippen molar-refractivity contribution in [2.45, 2.75) is 13.5 Å². The second kappa shape index (κ2) is 6.73. The van der Waals surface area contributed by atoms with E-state index in [-0.39, 0.29) is 0 Å². The molecule has 0 amide bonds. The summed E-state index contributed by atoms with van der Waals surface area (Å²) in [5.41, 5.74) is 4.35. The van der Waals surface area contributed by atoms with Gasteiger partial charge in [-0.3, -0.25) is 14.9 Å². The van der Waals surface area contributed by atoms with Gasteiger partial charge in [-0.15, -0.1) is 0 Å². The van der Waals surface area contributed by atoms with Gasteiger partial charge >= 0.3 is 0 Å². The second-order valence-corrected chi connectivity index (χ2v) is 5.99. The zero-order valence-electron chi connectivity index (χ0n) is 14.1. The highest BCUT2D eigenvalue weighted by Crippen LogP contribution is 2.26. The number of anilines is 1. The Bertz CT molecular complexity index is 907. The first-order valence-electron chi connectivity index (χ1n) is 8.27. The normalized spacial score (nSPS) is 13.4. The van der Waals surface area contributed by atoms with E-state index >= 15 is 0 Å². The molecule has 4 rings (SSSR count). The average molecular weight is 329 g/mol. The van der Waals surface area contributed by atoms with E-state index in [0.29, 0.717) is 6.67 Å². The largest absolute Gasteiger partial charge is 0.305 e. The van der Waals surface area contributed by atoms with Crippen LogP contribution in [0.4, 0.5) is 5.95 Å². The minimum absolute atomic E-state index is 0.577. The summed E-state index contributed by atoms with van der Waals surface area (Å²) in [4.78, 5) is 15.5. The Morgan fingerprint density at radius 3 is 2.60 bits per heavy atom. The summed E-state index contributed by atoms with van der Waals surface area (Å²) in [6.45, 7) is 3.31. The van der Waals surface area contributed by atoms with E-state index in [0.717, 1.165) is 29.4 Å². The van der Waals surface area contributed by atoms with Crippen LogP contribution in [0.15, 0.2) is 72.1 Å². The number of aromatic nitrogens is 3. The number of hydrogen-bond donors (Lipinski definition) is 0. The van der Waals surface area contributed by atoms with Crippen molar-refractivity contribution in [1.29, 1.82) is 0 Å². The maximum atomic E-state index is 4.67. The van der Waals surface area contributed by atoms with Gasteiger partial charge in [-0.1, -0.05) is 30.3 Å². The third-order valence-corrected chi connectivity index (χ3v) is 4.17. The summed E-state index contributed by atoms with van der Waals surface area (Å²) >= 11 is 0. The maximum absolute atomic E-state index is 4.67. The first kappa shape index (κ1) is 15.3. The van der Waals surface area contributed by atoms with E-state index in [1.807, 2.05) is 54.8 Å². The van der Waals surface area contributed by atoms with Gasteiger partial charge in [0, 0.05) is 29.9 Å². The van der Waals surface area contributed by atoms with Gasteiger partial charge in [0.1, 0.15) is 6.67 Å². The number of aliphatic imine (C=N–C) groups is 1. The molecule has 0 fully saturated rings. The van der Waals surface area contributed by atoms with Crippen LogP contribution < -0.4 is 4.90 Å². The molecule has 0 radical (unpaired) electrons. The van der Waals surface area contributed by atoms with E-state index in [1.54, 1.807) is 0 Å². The second-order valence-electron chi connectivity index (χ2n) is 5.99. The van der Waals surface area contributed by atoms with Crippen molar-refractivity contribution in [3.8, 4) is 11.3 Å². The van der Waals surface area contributed by atoms with Crippen LogP contribution in [0.3, 0.4) is 0 Å². The van der Waals surface area contributed by atoms with Crippen LogP contribution in [-0.2, 0) is 6.54 Å². The Labute approximate surface area is 147 Å². The summed E-state index contributed by atoms with van der Waals surface area (Å²) in [5.74, 6) is 0.882. The predicted molar refractivity (Wildman–Crippen MR) is 101 cm³/mol. The minimum atomic E-state index is 0.577. The smallest absolute Gasteiger partial charge is 0.211 e. The Morgan fingerprint density at radius 1 is 1.00 bits per heavy atom. The fourth-order valence-corrected chi connectivity index (χ4v) is 2.88. The van der Waals surface area contributed by atoms with Crippen LogP contribution in [0.25, 0.3) is 11.3 Å². The number of nitrogens with zero attached hydrogens (tertiary/aromatic N) is 5. The average Bonchev–Trinajstić information content (AvgIpc) is 3.07. The number of benzene rings is 1. The highest BCUT2D eigenvalue weighted by Gasteiger charge is 2.17. The van der Waals surface area contributed by atoms with Gasteiger partial charge in [0.05, 0.1) is 18.4 Å². The molecular weight excluding hydrogens is 310 g/mol. The third-order valence-electron chi connectivity index (χ3n) is 4.17. The fraction of sp³-hybridized carbons (Fsp3) is 0.150. The molecule has 0 saturated heterocycles. The molecule has 0 bridgehead atoms. The molecule has 2 aromatic heterocycles. The van der Waals surface area contributed by atoms with E-state index < -0.39 is 0 Å². The highest BCUT2D eigenvalue weighted by atomic mass is 15.3. The molecule has 5 heteroatoms. The number of pyridine rings is 1. The van der Waals surface area contributed by atoms with Crippen LogP contribution in [0.1, 0.15) is 11.3 Å². The first-order valence-corrected chi connectivity index (χ1v) is 8.27. The molecule has 124 valence electrons. The molecule has 1 aliphatic rings. The number of hydrogen-bond acceptors (Lipinski definition) is 4. The van der Waals surface area contributed by atoms with Crippen molar-refractivity contribution < 1.29 is 0 Å². The zero-order valence-corrected chi connectivity index (χ0v) is 14.1. The van der Waals surface area contributed by atoms with Gasteiger partial charge in [0.2, 0.25) is 5.95 Å². The standard InChI is InChI=1S/C20H19N5/c1-16-8-9-18(12-22-16)19-13-23-20(24-11-5-10-21-15-24)25(19)14-17-6-3-2-4-7-17/h2-13H,14-15H2,1H3. The number of allylic oxidation sites excluding steroid dienone is 1. The zero-order chi connectivity index (χ0) is 17.1. The Morgan fingerprint density at radius 2 is 1.88 bits per heavy atom. The van der Waals surface area contributed by atoms with Crippen molar-refractivity contribution in [3.63, 3.8) is 0 Å². The molecule has 3 aromatic rings. The maximum Gasteiger partial charge on any atom is 0.211 e. The first-order chi connectivity index (χ1) is 12.3. The molecule has 5 nitrogen and oxygen atoms in total. The van der Waals surface area contributed by atoms with Gasteiger partial charge < -0.3 is 4.57 Å². The highest BCUT2D eigenvalue weighted by molar-refractivity contribution is 5.73. The summed E-state index contributed by atoms with van der Waals surface area (Å²) in [5, 5.41) is 0. The third kappa shape index (κ3) is 3.21. The van der Waals surface area contributed by atoms with Crippen LogP contribution >= 0.6 is 0 Å². The summed E-state index contributed by atoms with van der Waals surface area (Å²) in [6.07, 6.45) is 9.57. The number of aryl methyl sites for hydroxylation is 1. The van der Waals surface area contributed by atoms with Crippen molar-refractivity contribution in [2.75, 3.05) is 11.6 Å². The Hall–Kier alpha value is -3.21. The molecule has 0 saturated carbocycles. The molecular formula is C20H19N5. The van der Waals surface area contributed by atoms with E-state index in [1.165, 1.54) is 5.56 Å². The molecule has 0 unspecified atom stereocenters. The number of rotatable bonds is 4. The lowest BCUT2D eigenvalue weighted by molar-refractivity contribution is 0.770. The molecule has 0 N–H and O–H groups in total. The van der Waals surface area contributed by atoms with Crippen LogP contribution in [-0.4, -0.2) is 27.4 Å². The Kier molecular flexibility index (Phi) is 4.12. The van der Waals surface area contributed by atoms with Gasteiger partial charge in [-0.2, -0.15) is 0 Å². The minimum Gasteiger partial charge on any atom is -0.305 e. The summed E-state index contributed by atoms with van der Waals surface area (Å²) in [6, 6.07) is 14.5. The van der Waals surface area contributed by atoms with Crippen molar-refractivity contribution in [3.05, 3.63) is 78.4 Å². The molecule has 3 heterocycles. The van der Waals surface area contributed by atoms with Crippen molar-refractivity contribution in [2.24, 2.45) is 4.99 Å². The molecule has 0 spiro atoms. The van der Waals surface area contributed by atoms with Gasteiger partial charge in [0.25, 0.3) is 0 Å². The lowest BCUT2D eigenvalue weighted by atomic mass is 10.2. The molecule has 1 aromatic carbocycles. The van der Waals surface area contributed by atoms with Gasteiger partial charge in [-0.05, 0) is 30.7 Å². The molecule has 25 heavy (non-hydrogen) atoms. The van der Waals surface area contributed by atoms with Gasteiger partial charge in [0.15, 0.2) is 0 Å². The van der Waals surface area contributed by atoms with Crippen LogP contribution in [0, 0.1) is 6.92 Å². The van der Waals surface area contributed by atoms with Crippen molar-refractivity contribution >= 4 is 12.2 Å². The molecule has 0 aliphatic carbocycles. The number of imidazole rings is 1. The molecule has 1 aliphatic heterocycles. The van der Waals surface area contributed by atoms with Gasteiger partial charge in [-0.25, -0.2) is 4.98 Å². The SMILES string of the molecule is Cc1ccc(-c2cnc(N3C=CC=NC3)n2Cc2ccccc2)cn1. The van der Waals surface area contributed by atoms with Crippen molar-refractivity contribution in [1.82, 2.24) is 14.5 Å². The lowest BCUT2D eigenvalue weighted by Gasteiger charge is -2.21. The van der Waals surface area contributed by atoms with E-state index in [2.05, 4.69) is 49.9 Å². The van der Waals surface area contributed by atoms with Crippen LogP contribution in [0.5, 0.6) is 0 Å². The van der Waals surface area contributed by atoms with E-state index in [9.17, 15) is 0 Å². The lowest BCUT2D eigenvalue weighted by Crippen LogP contribution is -2.23. The summed E-state index contributed by atoms with van der Waals surface area (Å²) in [7, 11) is 0. The monoisotopic (exact) mass is 329 g/mol. The topological polar surface area (TPSA) is 46.3 Å². The van der Waals surface area contributed by atoms with Crippen LogP contribution in [0.2, 0.25) is 0 Å². The Balaban J connectivity index is 1.78. The fourth-order valence-electron chi connectivity index (χ4n) is 2.88. The quantitative estimate of drug-likeness (QED) is 0.734. The van der Waals surface area contributed by atoms with E-state index in [4.69, 9.17) is 0 Å². The molecule has 0 atom stereocenters.